The molecule has 0 amide bonds. The van der Waals surface area contributed by atoms with E-state index in [9.17, 15) is 0 Å². The van der Waals surface area contributed by atoms with E-state index < -0.39 is 0 Å². The van der Waals surface area contributed by atoms with Crippen molar-refractivity contribution in [1.29, 1.82) is 0 Å². The molecule has 18 heavy (non-hydrogen) atoms. The molecule has 4 heteroatoms. The lowest BCUT2D eigenvalue weighted by atomic mass is 10.2. The highest BCUT2D eigenvalue weighted by molar-refractivity contribution is 5.79. The maximum Gasteiger partial charge on any atom is 0.137 e. The van der Waals surface area contributed by atoms with Gasteiger partial charge in [-0.05, 0) is 44.1 Å². The summed E-state index contributed by atoms with van der Waals surface area (Å²) in [6, 6.07) is 4.82. The normalized spacial score (nSPS) is 20.8. The number of fused-ring (bicyclic) bond motifs is 1. The van der Waals surface area contributed by atoms with Crippen LogP contribution in [0.15, 0.2) is 24.5 Å². The monoisotopic (exact) mass is 244 g/mol. The average Bonchev–Trinajstić information content (AvgIpc) is 2.97. The number of hydrogen-bond acceptors (Lipinski definition) is 3. The van der Waals surface area contributed by atoms with E-state index in [-0.39, 0.29) is 0 Å². The van der Waals surface area contributed by atoms with Gasteiger partial charge < -0.3 is 15.2 Å². The van der Waals surface area contributed by atoms with Gasteiger partial charge in [0.05, 0.1) is 0 Å². The van der Waals surface area contributed by atoms with E-state index >= 15 is 0 Å². The molecule has 1 atom stereocenters. The van der Waals surface area contributed by atoms with Crippen LogP contribution in [0.4, 0.5) is 0 Å². The highest BCUT2D eigenvalue weighted by Gasteiger charge is 2.19. The Morgan fingerprint density at radius 1 is 1.56 bits per heavy atom. The molecule has 1 aliphatic heterocycles. The fourth-order valence-electron chi connectivity index (χ4n) is 2.77. The van der Waals surface area contributed by atoms with Gasteiger partial charge in [-0.3, -0.25) is 0 Å². The standard InChI is InChI=1S/C14H20N4/c1-18-7-3-4-12(18)10-15-8-11-9-17-14-13(11)5-2-6-16-14/h2,5-6,9,12,15H,3-4,7-8,10H2,1H3,(H,16,17). The fraction of sp³-hybridized carbons (Fsp3) is 0.500. The third kappa shape index (κ3) is 2.26. The van der Waals surface area contributed by atoms with E-state index in [2.05, 4.69) is 39.5 Å². The van der Waals surface area contributed by atoms with Crippen molar-refractivity contribution < 1.29 is 0 Å². The molecule has 0 bridgehead atoms. The van der Waals surface area contributed by atoms with Crippen molar-refractivity contribution in [3.8, 4) is 0 Å². The van der Waals surface area contributed by atoms with Crippen molar-refractivity contribution in [3.63, 3.8) is 0 Å². The molecule has 2 N–H and O–H groups in total. The largest absolute Gasteiger partial charge is 0.346 e. The molecule has 1 aliphatic rings. The van der Waals surface area contributed by atoms with Crippen LogP contribution < -0.4 is 5.32 Å². The highest BCUT2D eigenvalue weighted by atomic mass is 15.2. The number of likely N-dealkylation sites (tertiary alicyclic amines) is 1. The zero-order valence-corrected chi connectivity index (χ0v) is 10.8. The second-order valence-corrected chi connectivity index (χ2v) is 5.12. The number of H-pyrrole nitrogens is 1. The van der Waals surface area contributed by atoms with Crippen LogP contribution in [0.1, 0.15) is 18.4 Å². The first-order valence-electron chi connectivity index (χ1n) is 6.66. The number of hydrogen-bond donors (Lipinski definition) is 2. The Balaban J connectivity index is 1.60. The van der Waals surface area contributed by atoms with Crippen LogP contribution in [0.3, 0.4) is 0 Å². The van der Waals surface area contributed by atoms with Crippen molar-refractivity contribution in [3.05, 3.63) is 30.1 Å². The zero-order chi connectivity index (χ0) is 12.4. The Kier molecular flexibility index (Phi) is 3.30. The quantitative estimate of drug-likeness (QED) is 0.861. The van der Waals surface area contributed by atoms with Crippen molar-refractivity contribution in [2.75, 3.05) is 20.1 Å². The summed E-state index contributed by atoms with van der Waals surface area (Å²) in [4.78, 5) is 9.97. The van der Waals surface area contributed by atoms with Crippen LogP contribution in [0.5, 0.6) is 0 Å². The molecule has 0 radical (unpaired) electrons. The third-order valence-electron chi connectivity index (χ3n) is 3.90. The van der Waals surface area contributed by atoms with E-state index in [1.807, 2.05) is 12.3 Å². The summed E-state index contributed by atoms with van der Waals surface area (Å²) in [6.45, 7) is 3.23. The number of likely N-dealkylation sites (N-methyl/N-ethyl adjacent to an activating group) is 1. The Hall–Kier alpha value is -1.39. The molecule has 3 heterocycles. The Morgan fingerprint density at radius 2 is 2.50 bits per heavy atom. The lowest BCUT2D eigenvalue weighted by Crippen LogP contribution is -2.35. The van der Waals surface area contributed by atoms with Crippen LogP contribution in [-0.2, 0) is 6.54 Å². The molecule has 3 rings (SSSR count). The zero-order valence-electron chi connectivity index (χ0n) is 10.8. The SMILES string of the molecule is CN1CCCC1CNCc1c[nH]c2ncccc12. The van der Waals surface area contributed by atoms with Gasteiger partial charge >= 0.3 is 0 Å². The molecule has 2 aromatic heterocycles. The van der Waals surface area contributed by atoms with E-state index in [1.165, 1.54) is 30.3 Å². The molecule has 0 spiro atoms. The lowest BCUT2D eigenvalue weighted by molar-refractivity contribution is 0.300. The van der Waals surface area contributed by atoms with Gasteiger partial charge in [0.15, 0.2) is 0 Å². The first kappa shape index (κ1) is 11.7. The lowest BCUT2D eigenvalue weighted by Gasteiger charge is -2.19. The molecule has 0 aliphatic carbocycles. The van der Waals surface area contributed by atoms with Crippen molar-refractivity contribution in [2.45, 2.75) is 25.4 Å². The molecule has 4 nitrogen and oxygen atoms in total. The predicted octanol–water partition coefficient (Wildman–Crippen LogP) is 1.75. The molecule has 1 fully saturated rings. The second kappa shape index (κ2) is 5.08. The molecule has 1 saturated heterocycles. The van der Waals surface area contributed by atoms with Gasteiger partial charge in [-0.1, -0.05) is 0 Å². The Bertz CT molecular complexity index is 519. The Morgan fingerprint density at radius 3 is 3.33 bits per heavy atom. The summed E-state index contributed by atoms with van der Waals surface area (Å²) in [5, 5.41) is 4.79. The van der Waals surface area contributed by atoms with Gasteiger partial charge in [0.1, 0.15) is 5.65 Å². The van der Waals surface area contributed by atoms with Crippen molar-refractivity contribution in [1.82, 2.24) is 20.2 Å². The summed E-state index contributed by atoms with van der Waals surface area (Å²) < 4.78 is 0. The first-order chi connectivity index (χ1) is 8.84. The van der Waals surface area contributed by atoms with Gasteiger partial charge in [-0.2, -0.15) is 0 Å². The maximum atomic E-state index is 4.31. The molecule has 1 unspecified atom stereocenters. The van der Waals surface area contributed by atoms with E-state index in [4.69, 9.17) is 0 Å². The number of pyridine rings is 1. The van der Waals surface area contributed by atoms with E-state index in [0.29, 0.717) is 6.04 Å². The number of nitrogens with zero attached hydrogens (tertiary/aromatic N) is 2. The summed E-state index contributed by atoms with van der Waals surface area (Å²) >= 11 is 0. The van der Waals surface area contributed by atoms with Crippen molar-refractivity contribution in [2.24, 2.45) is 0 Å². The maximum absolute atomic E-state index is 4.31. The minimum absolute atomic E-state index is 0.702. The highest BCUT2D eigenvalue weighted by Crippen LogP contribution is 2.16. The number of nitrogens with one attached hydrogen (secondary N) is 2. The molecular weight excluding hydrogens is 224 g/mol. The number of aromatic amines is 1. The first-order valence-corrected chi connectivity index (χ1v) is 6.66. The van der Waals surface area contributed by atoms with Crippen LogP contribution in [0, 0.1) is 0 Å². The second-order valence-electron chi connectivity index (χ2n) is 5.12. The number of aromatic nitrogens is 2. The third-order valence-corrected chi connectivity index (χ3v) is 3.90. The predicted molar refractivity (Wildman–Crippen MR) is 73.5 cm³/mol. The average molecular weight is 244 g/mol. The minimum Gasteiger partial charge on any atom is -0.346 e. The van der Waals surface area contributed by atoms with E-state index in [0.717, 1.165) is 18.7 Å². The topological polar surface area (TPSA) is 44.0 Å². The summed E-state index contributed by atoms with van der Waals surface area (Å²) in [6.07, 6.45) is 6.53. The Labute approximate surface area is 107 Å². The summed E-state index contributed by atoms with van der Waals surface area (Å²) in [7, 11) is 2.22. The van der Waals surface area contributed by atoms with Crippen LogP contribution in [0.2, 0.25) is 0 Å². The molecule has 0 saturated carbocycles. The molecule has 96 valence electrons. The van der Waals surface area contributed by atoms with E-state index in [1.54, 1.807) is 0 Å². The van der Waals surface area contributed by atoms with Crippen LogP contribution in [-0.4, -0.2) is 41.0 Å². The van der Waals surface area contributed by atoms with Gasteiger partial charge in [-0.15, -0.1) is 0 Å². The van der Waals surface area contributed by atoms with Crippen molar-refractivity contribution >= 4 is 11.0 Å². The molecule has 2 aromatic rings. The van der Waals surface area contributed by atoms with Gasteiger partial charge in [0.25, 0.3) is 0 Å². The summed E-state index contributed by atoms with van der Waals surface area (Å²) in [5.41, 5.74) is 2.28. The minimum atomic E-state index is 0.702. The van der Waals surface area contributed by atoms with Gasteiger partial charge in [0, 0.05) is 36.9 Å². The summed E-state index contributed by atoms with van der Waals surface area (Å²) in [5.74, 6) is 0. The number of rotatable bonds is 4. The fourth-order valence-corrected chi connectivity index (χ4v) is 2.77. The smallest absolute Gasteiger partial charge is 0.137 e. The molecular formula is C14H20N4. The van der Waals surface area contributed by atoms with Crippen LogP contribution >= 0.6 is 0 Å². The van der Waals surface area contributed by atoms with Gasteiger partial charge in [0.2, 0.25) is 0 Å². The van der Waals surface area contributed by atoms with Crippen LogP contribution in [0.25, 0.3) is 11.0 Å². The van der Waals surface area contributed by atoms with Gasteiger partial charge in [-0.25, -0.2) is 4.98 Å². The molecule has 0 aromatic carbocycles.